The molecule has 0 N–H and O–H groups in total. The number of carbonyl (C=O) groups is 1. The van der Waals surface area contributed by atoms with E-state index in [0.717, 1.165) is 0 Å². The Kier molecular flexibility index (Phi) is 6.43. The van der Waals surface area contributed by atoms with Gasteiger partial charge in [0.25, 0.3) is 0 Å². The maximum absolute atomic E-state index is 12.3. The summed E-state index contributed by atoms with van der Waals surface area (Å²) in [5.41, 5.74) is 0.715. The van der Waals surface area contributed by atoms with Gasteiger partial charge in [0, 0.05) is 10.8 Å². The van der Waals surface area contributed by atoms with Crippen molar-refractivity contribution in [3.8, 4) is 11.5 Å². The van der Waals surface area contributed by atoms with Gasteiger partial charge in [0.2, 0.25) is 0 Å². The number of benzene rings is 1. The van der Waals surface area contributed by atoms with E-state index >= 15 is 0 Å². The van der Waals surface area contributed by atoms with Crippen molar-refractivity contribution < 1.29 is 14.3 Å². The molecule has 1 saturated carbocycles. The second-order valence-corrected chi connectivity index (χ2v) is 6.46. The molecule has 0 saturated heterocycles. The van der Waals surface area contributed by atoms with Crippen molar-refractivity contribution in [1.29, 1.82) is 0 Å². The molecule has 0 aliphatic heterocycles. The van der Waals surface area contributed by atoms with Gasteiger partial charge in [0.1, 0.15) is 0 Å². The van der Waals surface area contributed by atoms with Crippen LogP contribution in [0.15, 0.2) is 18.2 Å². The van der Waals surface area contributed by atoms with Crippen LogP contribution in [0.5, 0.6) is 11.5 Å². The number of rotatable bonds is 8. The molecular formula is C17H24O3S. The highest BCUT2D eigenvalue weighted by atomic mass is 32.2. The average Bonchev–Trinajstić information content (AvgIpc) is 3.00. The quantitative estimate of drug-likeness (QED) is 0.669. The average molecular weight is 308 g/mol. The predicted molar refractivity (Wildman–Crippen MR) is 87.8 cm³/mol. The molecule has 1 aliphatic carbocycles. The Morgan fingerprint density at radius 1 is 1.14 bits per heavy atom. The Hall–Kier alpha value is -1.16. The van der Waals surface area contributed by atoms with Crippen LogP contribution in [0, 0.1) is 0 Å². The minimum atomic E-state index is 0.177. The van der Waals surface area contributed by atoms with E-state index in [2.05, 4.69) is 0 Å². The fourth-order valence-corrected chi connectivity index (χ4v) is 3.78. The van der Waals surface area contributed by atoms with Crippen molar-refractivity contribution in [1.82, 2.24) is 0 Å². The number of Topliss-reactive ketones (excluding diaryl/α,β-unsaturated/α-hetero) is 1. The zero-order chi connectivity index (χ0) is 15.1. The molecule has 1 fully saturated rings. The first kappa shape index (κ1) is 16.2. The summed E-state index contributed by atoms with van der Waals surface area (Å²) in [5.74, 6) is 2.11. The van der Waals surface area contributed by atoms with Crippen LogP contribution < -0.4 is 9.47 Å². The third-order valence-corrected chi connectivity index (χ3v) is 4.99. The maximum Gasteiger partial charge on any atom is 0.172 e. The lowest BCUT2D eigenvalue weighted by molar-refractivity contribution is 0.102. The van der Waals surface area contributed by atoms with E-state index in [4.69, 9.17) is 9.47 Å². The number of hydrogen-bond acceptors (Lipinski definition) is 4. The molecule has 0 radical (unpaired) electrons. The summed E-state index contributed by atoms with van der Waals surface area (Å²) >= 11 is 1.80. The van der Waals surface area contributed by atoms with E-state index in [0.29, 0.717) is 41.3 Å². The summed E-state index contributed by atoms with van der Waals surface area (Å²) < 4.78 is 11.1. The molecule has 2 rings (SSSR count). The lowest BCUT2D eigenvalue weighted by atomic mass is 10.1. The third-order valence-electron chi connectivity index (χ3n) is 3.62. The van der Waals surface area contributed by atoms with Crippen LogP contribution in [-0.4, -0.2) is 30.0 Å². The van der Waals surface area contributed by atoms with Gasteiger partial charge in [-0.25, -0.2) is 0 Å². The van der Waals surface area contributed by atoms with E-state index in [1.165, 1.54) is 25.7 Å². The third kappa shape index (κ3) is 4.67. The molecule has 0 spiro atoms. The number of ether oxygens (including phenoxy) is 2. The number of ketones is 1. The second kappa shape index (κ2) is 8.32. The number of hydrogen-bond donors (Lipinski definition) is 0. The molecule has 0 aromatic heterocycles. The highest BCUT2D eigenvalue weighted by molar-refractivity contribution is 8.00. The smallest absolute Gasteiger partial charge is 0.172 e. The summed E-state index contributed by atoms with van der Waals surface area (Å²) in [7, 11) is 0. The van der Waals surface area contributed by atoms with Crippen LogP contribution in [0.2, 0.25) is 0 Å². The van der Waals surface area contributed by atoms with Crippen LogP contribution in [0.3, 0.4) is 0 Å². The summed E-state index contributed by atoms with van der Waals surface area (Å²) in [5, 5.41) is 0.669. The standard InChI is InChI=1S/C17H24O3S/c1-3-19-16-10-9-13(11-17(16)20-4-2)15(18)12-21-14-7-5-6-8-14/h9-11,14H,3-8,12H2,1-2H3. The molecular weight excluding hydrogens is 284 g/mol. The SMILES string of the molecule is CCOc1ccc(C(=O)CSC2CCCC2)cc1OCC. The molecule has 0 bridgehead atoms. The van der Waals surface area contributed by atoms with Crippen molar-refractivity contribution in [3.05, 3.63) is 23.8 Å². The van der Waals surface area contributed by atoms with Gasteiger partial charge < -0.3 is 9.47 Å². The summed E-state index contributed by atoms with van der Waals surface area (Å²) in [6.07, 6.45) is 5.13. The Morgan fingerprint density at radius 2 is 1.81 bits per heavy atom. The van der Waals surface area contributed by atoms with E-state index in [1.807, 2.05) is 32.0 Å². The van der Waals surface area contributed by atoms with Crippen molar-refractivity contribution in [2.24, 2.45) is 0 Å². The van der Waals surface area contributed by atoms with Gasteiger partial charge in [-0.05, 0) is 44.9 Å². The van der Waals surface area contributed by atoms with E-state index < -0.39 is 0 Å². The van der Waals surface area contributed by atoms with Crippen LogP contribution in [-0.2, 0) is 0 Å². The van der Waals surface area contributed by atoms with Gasteiger partial charge >= 0.3 is 0 Å². The van der Waals surface area contributed by atoms with Crippen LogP contribution in [0.1, 0.15) is 49.9 Å². The number of carbonyl (C=O) groups excluding carboxylic acids is 1. The summed E-state index contributed by atoms with van der Waals surface area (Å²) in [6, 6.07) is 5.49. The Morgan fingerprint density at radius 3 is 2.48 bits per heavy atom. The molecule has 21 heavy (non-hydrogen) atoms. The normalized spacial score (nSPS) is 15.1. The first-order chi connectivity index (χ1) is 10.2. The van der Waals surface area contributed by atoms with Crippen molar-refractivity contribution in [3.63, 3.8) is 0 Å². The monoisotopic (exact) mass is 308 g/mol. The minimum absolute atomic E-state index is 0.177. The minimum Gasteiger partial charge on any atom is -0.490 e. The lowest BCUT2D eigenvalue weighted by Gasteiger charge is -2.12. The number of thioether (sulfide) groups is 1. The molecule has 1 aromatic rings. The van der Waals surface area contributed by atoms with Gasteiger partial charge in [-0.3, -0.25) is 4.79 Å². The van der Waals surface area contributed by atoms with Gasteiger partial charge in [-0.1, -0.05) is 12.8 Å². The molecule has 0 atom stereocenters. The Labute approximate surface area is 131 Å². The van der Waals surface area contributed by atoms with Gasteiger partial charge in [-0.15, -0.1) is 0 Å². The van der Waals surface area contributed by atoms with Crippen LogP contribution in [0.4, 0.5) is 0 Å². The molecule has 3 nitrogen and oxygen atoms in total. The molecule has 4 heteroatoms. The summed E-state index contributed by atoms with van der Waals surface area (Å²) in [6.45, 7) is 5.02. The topological polar surface area (TPSA) is 35.5 Å². The summed E-state index contributed by atoms with van der Waals surface area (Å²) in [4.78, 5) is 12.3. The van der Waals surface area contributed by atoms with Crippen LogP contribution in [0.25, 0.3) is 0 Å². The second-order valence-electron chi connectivity index (χ2n) is 5.17. The lowest BCUT2D eigenvalue weighted by Crippen LogP contribution is -2.07. The fourth-order valence-electron chi connectivity index (χ4n) is 2.56. The van der Waals surface area contributed by atoms with Crippen molar-refractivity contribution in [2.45, 2.75) is 44.8 Å². The molecule has 0 unspecified atom stereocenters. The highest BCUT2D eigenvalue weighted by Gasteiger charge is 2.18. The van der Waals surface area contributed by atoms with Crippen molar-refractivity contribution >= 4 is 17.5 Å². The van der Waals surface area contributed by atoms with E-state index in [9.17, 15) is 4.79 Å². The molecule has 116 valence electrons. The Bertz CT molecular complexity index is 467. The van der Waals surface area contributed by atoms with Crippen LogP contribution >= 0.6 is 11.8 Å². The van der Waals surface area contributed by atoms with Gasteiger partial charge in [0.05, 0.1) is 19.0 Å². The predicted octanol–water partition coefficient (Wildman–Crippen LogP) is 4.34. The first-order valence-electron chi connectivity index (χ1n) is 7.79. The molecule has 0 heterocycles. The largest absolute Gasteiger partial charge is 0.490 e. The molecule has 0 amide bonds. The zero-order valence-electron chi connectivity index (χ0n) is 12.9. The zero-order valence-corrected chi connectivity index (χ0v) is 13.7. The first-order valence-corrected chi connectivity index (χ1v) is 8.84. The van der Waals surface area contributed by atoms with E-state index in [1.54, 1.807) is 11.8 Å². The Balaban J connectivity index is 2.00. The molecule has 1 aliphatic rings. The maximum atomic E-state index is 12.3. The van der Waals surface area contributed by atoms with Crippen molar-refractivity contribution in [2.75, 3.05) is 19.0 Å². The van der Waals surface area contributed by atoms with Gasteiger partial charge in [0.15, 0.2) is 17.3 Å². The molecule has 1 aromatic carbocycles. The van der Waals surface area contributed by atoms with Gasteiger partial charge in [-0.2, -0.15) is 11.8 Å². The highest BCUT2D eigenvalue weighted by Crippen LogP contribution is 2.31. The van der Waals surface area contributed by atoms with E-state index in [-0.39, 0.29) is 5.78 Å². The fraction of sp³-hybridized carbons (Fsp3) is 0.588.